The molecule has 0 aromatic rings. The summed E-state index contributed by atoms with van der Waals surface area (Å²) in [5, 5.41) is 3.61. The minimum Gasteiger partial charge on any atom is -0.379 e. The molecule has 3 heteroatoms. The third-order valence-corrected chi connectivity index (χ3v) is 3.63. The van der Waals surface area contributed by atoms with E-state index in [1.165, 1.54) is 6.42 Å². The molecule has 0 aliphatic carbocycles. The molecule has 3 nitrogen and oxygen atoms in total. The number of ether oxygens (including phenoxy) is 2. The zero-order valence-corrected chi connectivity index (χ0v) is 12.1. The van der Waals surface area contributed by atoms with Crippen molar-refractivity contribution in [2.24, 2.45) is 0 Å². The smallest absolute Gasteiger partial charge is 0.0696 e. The molecule has 2 unspecified atom stereocenters. The van der Waals surface area contributed by atoms with E-state index in [2.05, 4.69) is 33.0 Å². The van der Waals surface area contributed by atoms with E-state index in [0.29, 0.717) is 6.04 Å². The van der Waals surface area contributed by atoms with Crippen molar-refractivity contribution in [2.75, 3.05) is 20.3 Å². The highest BCUT2D eigenvalue weighted by Crippen LogP contribution is 2.33. The molecule has 0 spiro atoms. The van der Waals surface area contributed by atoms with E-state index < -0.39 is 0 Å². The zero-order valence-electron chi connectivity index (χ0n) is 12.1. The fourth-order valence-electron chi connectivity index (χ4n) is 2.75. The summed E-state index contributed by atoms with van der Waals surface area (Å²) < 4.78 is 11.5. The first-order valence-electron chi connectivity index (χ1n) is 6.83. The highest BCUT2D eigenvalue weighted by atomic mass is 16.5. The van der Waals surface area contributed by atoms with Gasteiger partial charge in [0.2, 0.25) is 0 Å². The SMILES string of the molecule is CCCNC1CCOC(C)(CC(C)(C)OC)C1. The van der Waals surface area contributed by atoms with Crippen LogP contribution >= 0.6 is 0 Å². The highest BCUT2D eigenvalue weighted by molar-refractivity contribution is 4.91. The monoisotopic (exact) mass is 243 g/mol. The Hall–Kier alpha value is -0.120. The second kappa shape index (κ2) is 6.17. The quantitative estimate of drug-likeness (QED) is 0.778. The van der Waals surface area contributed by atoms with E-state index in [-0.39, 0.29) is 11.2 Å². The number of hydrogen-bond acceptors (Lipinski definition) is 3. The van der Waals surface area contributed by atoms with Crippen LogP contribution in [0.1, 0.15) is 53.4 Å². The maximum atomic E-state index is 5.99. The van der Waals surface area contributed by atoms with Crippen LogP contribution in [0.25, 0.3) is 0 Å². The van der Waals surface area contributed by atoms with Crippen LogP contribution < -0.4 is 5.32 Å². The average Bonchev–Trinajstić information content (AvgIpc) is 2.25. The summed E-state index contributed by atoms with van der Waals surface area (Å²) in [6, 6.07) is 0.598. The van der Waals surface area contributed by atoms with Crippen LogP contribution in [0.2, 0.25) is 0 Å². The van der Waals surface area contributed by atoms with Gasteiger partial charge in [0.1, 0.15) is 0 Å². The highest BCUT2D eigenvalue weighted by Gasteiger charge is 2.37. The van der Waals surface area contributed by atoms with Gasteiger partial charge in [-0.25, -0.2) is 0 Å². The molecule has 0 radical (unpaired) electrons. The molecule has 2 atom stereocenters. The zero-order chi connectivity index (χ0) is 12.9. The van der Waals surface area contributed by atoms with Crippen molar-refractivity contribution < 1.29 is 9.47 Å². The summed E-state index contributed by atoms with van der Waals surface area (Å²) in [4.78, 5) is 0. The first kappa shape index (κ1) is 14.9. The van der Waals surface area contributed by atoms with E-state index in [0.717, 1.165) is 32.4 Å². The summed E-state index contributed by atoms with van der Waals surface area (Å²) in [6.07, 6.45) is 4.35. The van der Waals surface area contributed by atoms with E-state index >= 15 is 0 Å². The van der Waals surface area contributed by atoms with Gasteiger partial charge < -0.3 is 14.8 Å². The molecule has 1 rings (SSSR count). The van der Waals surface area contributed by atoms with Gasteiger partial charge in [0.25, 0.3) is 0 Å². The molecule has 0 saturated carbocycles. The van der Waals surface area contributed by atoms with Gasteiger partial charge in [-0.15, -0.1) is 0 Å². The number of rotatable bonds is 6. The van der Waals surface area contributed by atoms with Crippen LogP contribution in [0.5, 0.6) is 0 Å². The molecular weight excluding hydrogens is 214 g/mol. The summed E-state index contributed by atoms with van der Waals surface area (Å²) in [7, 11) is 1.78. The second-order valence-electron chi connectivity index (χ2n) is 6.08. The van der Waals surface area contributed by atoms with Gasteiger partial charge in [-0.2, -0.15) is 0 Å². The van der Waals surface area contributed by atoms with Crippen molar-refractivity contribution in [3.8, 4) is 0 Å². The van der Waals surface area contributed by atoms with Crippen molar-refractivity contribution >= 4 is 0 Å². The molecule has 1 aliphatic rings. The molecule has 1 saturated heterocycles. The van der Waals surface area contributed by atoms with Crippen molar-refractivity contribution in [3.05, 3.63) is 0 Å². The molecule has 0 aromatic heterocycles. The lowest BCUT2D eigenvalue weighted by atomic mass is 9.83. The van der Waals surface area contributed by atoms with Crippen molar-refractivity contribution in [1.29, 1.82) is 0 Å². The summed E-state index contributed by atoms with van der Waals surface area (Å²) in [5.74, 6) is 0. The minimum absolute atomic E-state index is 0.0524. The first-order chi connectivity index (χ1) is 7.91. The van der Waals surface area contributed by atoms with Gasteiger partial charge in [-0.3, -0.25) is 0 Å². The number of methoxy groups -OCH3 is 1. The summed E-state index contributed by atoms with van der Waals surface area (Å²) in [5.41, 5.74) is -0.162. The summed E-state index contributed by atoms with van der Waals surface area (Å²) in [6.45, 7) is 10.6. The lowest BCUT2D eigenvalue weighted by Crippen LogP contribution is -2.48. The molecule has 1 aliphatic heterocycles. The van der Waals surface area contributed by atoms with Crippen LogP contribution in [0.15, 0.2) is 0 Å². The lowest BCUT2D eigenvalue weighted by Gasteiger charge is -2.42. The Labute approximate surface area is 106 Å². The molecule has 0 amide bonds. The second-order valence-corrected chi connectivity index (χ2v) is 6.08. The molecule has 0 bridgehead atoms. The average molecular weight is 243 g/mol. The third-order valence-electron chi connectivity index (χ3n) is 3.63. The normalized spacial score (nSPS) is 30.5. The van der Waals surface area contributed by atoms with E-state index in [9.17, 15) is 0 Å². The third kappa shape index (κ3) is 4.94. The molecule has 1 N–H and O–H groups in total. The molecule has 102 valence electrons. The number of hydrogen-bond donors (Lipinski definition) is 1. The maximum absolute atomic E-state index is 5.99. The Morgan fingerprint density at radius 1 is 1.47 bits per heavy atom. The van der Waals surface area contributed by atoms with Crippen LogP contribution in [0.3, 0.4) is 0 Å². The minimum atomic E-state index is -0.110. The summed E-state index contributed by atoms with van der Waals surface area (Å²) >= 11 is 0. The number of nitrogens with one attached hydrogen (secondary N) is 1. The van der Waals surface area contributed by atoms with Gasteiger partial charge in [-0.1, -0.05) is 6.92 Å². The van der Waals surface area contributed by atoms with Crippen molar-refractivity contribution in [2.45, 2.75) is 70.6 Å². The van der Waals surface area contributed by atoms with Crippen LogP contribution in [-0.4, -0.2) is 37.5 Å². The molecule has 17 heavy (non-hydrogen) atoms. The van der Waals surface area contributed by atoms with E-state index in [1.807, 2.05) is 0 Å². The van der Waals surface area contributed by atoms with Gasteiger partial charge >= 0.3 is 0 Å². The molecule has 1 fully saturated rings. The van der Waals surface area contributed by atoms with Crippen LogP contribution in [0.4, 0.5) is 0 Å². The Bertz CT molecular complexity index is 230. The Kier molecular flexibility index (Phi) is 5.42. The Morgan fingerprint density at radius 2 is 2.18 bits per heavy atom. The van der Waals surface area contributed by atoms with E-state index in [4.69, 9.17) is 9.47 Å². The first-order valence-corrected chi connectivity index (χ1v) is 6.83. The maximum Gasteiger partial charge on any atom is 0.0696 e. The molecular formula is C14H29NO2. The van der Waals surface area contributed by atoms with E-state index in [1.54, 1.807) is 7.11 Å². The van der Waals surface area contributed by atoms with Crippen molar-refractivity contribution in [3.63, 3.8) is 0 Å². The van der Waals surface area contributed by atoms with Gasteiger partial charge in [0.05, 0.1) is 11.2 Å². The predicted octanol–water partition coefficient (Wildman–Crippen LogP) is 2.74. The molecule has 1 heterocycles. The Morgan fingerprint density at radius 3 is 2.76 bits per heavy atom. The van der Waals surface area contributed by atoms with Crippen LogP contribution in [0, 0.1) is 0 Å². The standard InChI is InChI=1S/C14H29NO2/c1-6-8-15-12-7-9-17-14(4,10-12)11-13(2,3)16-5/h12,15H,6-11H2,1-5H3. The van der Waals surface area contributed by atoms with Gasteiger partial charge in [-0.05, 0) is 46.6 Å². The predicted molar refractivity (Wildman–Crippen MR) is 71.4 cm³/mol. The van der Waals surface area contributed by atoms with Gasteiger partial charge in [0, 0.05) is 26.2 Å². The van der Waals surface area contributed by atoms with Gasteiger partial charge in [0.15, 0.2) is 0 Å². The fourth-order valence-corrected chi connectivity index (χ4v) is 2.75. The van der Waals surface area contributed by atoms with Crippen molar-refractivity contribution in [1.82, 2.24) is 5.32 Å². The Balaban J connectivity index is 2.51. The topological polar surface area (TPSA) is 30.5 Å². The molecule has 0 aromatic carbocycles. The fraction of sp³-hybridized carbons (Fsp3) is 1.00. The van der Waals surface area contributed by atoms with Crippen LogP contribution in [-0.2, 0) is 9.47 Å². The lowest BCUT2D eigenvalue weighted by molar-refractivity contribution is -0.123. The largest absolute Gasteiger partial charge is 0.379 e.